The number of fused-ring (bicyclic) bond motifs is 3. The summed E-state index contributed by atoms with van der Waals surface area (Å²) in [6.07, 6.45) is 4.48. The van der Waals surface area contributed by atoms with Crippen molar-refractivity contribution in [2.45, 2.75) is 57.8 Å². The molecule has 7 heteroatoms. The zero-order chi connectivity index (χ0) is 18.0. The predicted molar refractivity (Wildman–Crippen MR) is 98.3 cm³/mol. The monoisotopic (exact) mass is 358 g/mol. The van der Waals surface area contributed by atoms with E-state index in [9.17, 15) is 10.2 Å². The van der Waals surface area contributed by atoms with Gasteiger partial charge in [-0.1, -0.05) is 0 Å². The van der Waals surface area contributed by atoms with Gasteiger partial charge in [0.05, 0.1) is 34.1 Å². The maximum Gasteiger partial charge on any atom is 0.138 e. The third kappa shape index (κ3) is 3.38. The molecule has 1 fully saturated rings. The summed E-state index contributed by atoms with van der Waals surface area (Å²) in [4.78, 5) is 9.06. The van der Waals surface area contributed by atoms with E-state index in [0.717, 1.165) is 46.9 Å². The molecule has 3 unspecified atom stereocenters. The Morgan fingerprint density at radius 1 is 1.40 bits per heavy atom. The third-order valence-electron chi connectivity index (χ3n) is 4.51. The van der Waals surface area contributed by atoms with Gasteiger partial charge in [0.25, 0.3) is 0 Å². The van der Waals surface area contributed by atoms with Crippen LogP contribution in [0.25, 0.3) is 21.3 Å². The van der Waals surface area contributed by atoms with Crippen LogP contribution in [0.1, 0.15) is 57.5 Å². The van der Waals surface area contributed by atoms with Crippen LogP contribution >= 0.6 is 11.3 Å². The van der Waals surface area contributed by atoms with Crippen molar-refractivity contribution in [3.63, 3.8) is 0 Å². The Bertz CT molecular complexity index is 909. The summed E-state index contributed by atoms with van der Waals surface area (Å²) in [6, 6.07) is 3.94. The smallest absolute Gasteiger partial charge is 0.138 e. The minimum atomic E-state index is -0.638. The van der Waals surface area contributed by atoms with Crippen LogP contribution in [0.5, 0.6) is 0 Å². The van der Waals surface area contributed by atoms with Crippen molar-refractivity contribution in [1.29, 1.82) is 5.26 Å². The molecule has 0 radical (unpaired) electrons. The lowest BCUT2D eigenvalue weighted by atomic mass is 9.92. The molecular formula is C18H22N4O2S. The second-order valence-electron chi connectivity index (χ2n) is 6.34. The van der Waals surface area contributed by atoms with E-state index in [1.165, 1.54) is 6.92 Å². The van der Waals surface area contributed by atoms with E-state index in [1.54, 1.807) is 30.5 Å². The van der Waals surface area contributed by atoms with Crippen molar-refractivity contribution in [2.75, 3.05) is 0 Å². The van der Waals surface area contributed by atoms with E-state index in [2.05, 4.69) is 14.5 Å². The van der Waals surface area contributed by atoms with Gasteiger partial charge in [-0.25, -0.2) is 4.98 Å². The number of aromatic nitrogens is 3. The number of pyridine rings is 1. The number of imidazole rings is 1. The van der Waals surface area contributed by atoms with Crippen molar-refractivity contribution in [3.8, 4) is 6.07 Å². The summed E-state index contributed by atoms with van der Waals surface area (Å²) in [6.45, 7) is 3.18. The van der Waals surface area contributed by atoms with Crippen LogP contribution < -0.4 is 0 Å². The van der Waals surface area contributed by atoms with Crippen LogP contribution in [0.15, 0.2) is 17.6 Å². The van der Waals surface area contributed by atoms with Crippen LogP contribution in [-0.2, 0) is 0 Å². The van der Waals surface area contributed by atoms with Crippen LogP contribution in [0.4, 0.5) is 0 Å². The highest BCUT2D eigenvalue weighted by molar-refractivity contribution is 7.18. The van der Waals surface area contributed by atoms with Crippen molar-refractivity contribution >= 4 is 32.6 Å². The Morgan fingerprint density at radius 2 is 2.16 bits per heavy atom. The summed E-state index contributed by atoms with van der Waals surface area (Å²) < 4.78 is 3.26. The lowest BCUT2D eigenvalue weighted by Crippen LogP contribution is -2.24. The Kier molecular flexibility index (Phi) is 5.33. The number of nitrogens with zero attached hydrogens (tertiary/aromatic N) is 4. The maximum absolute atomic E-state index is 10.2. The number of aliphatic hydroxyl groups is 2. The topological polar surface area (TPSA) is 95.0 Å². The van der Waals surface area contributed by atoms with Crippen LogP contribution in [-0.4, -0.2) is 30.9 Å². The standard InChI is InChI=1S/C16H19N3O2S.C2H3N/c1-9(20)16-18-13-8-17-12-5-6-22-15(12)14(13)19(16)10-3-2-4-11(21)7-10;1-2-3/h5-6,8-11,20-21H,2-4,7H2,1H3;1H3. The quantitative estimate of drug-likeness (QED) is 0.728. The highest BCUT2D eigenvalue weighted by Gasteiger charge is 2.28. The second kappa shape index (κ2) is 7.48. The first-order chi connectivity index (χ1) is 12.1. The number of rotatable bonds is 2. The Hall–Kier alpha value is -2.01. The van der Waals surface area contributed by atoms with Gasteiger partial charge in [-0.15, -0.1) is 11.3 Å². The Labute approximate surface area is 150 Å². The van der Waals surface area contributed by atoms with Crippen molar-refractivity contribution in [3.05, 3.63) is 23.5 Å². The normalized spacial score (nSPS) is 21.6. The lowest BCUT2D eigenvalue weighted by Gasteiger charge is -2.29. The van der Waals surface area contributed by atoms with Gasteiger partial charge >= 0.3 is 0 Å². The first-order valence-electron chi connectivity index (χ1n) is 8.47. The highest BCUT2D eigenvalue weighted by Crippen LogP contribution is 2.37. The van der Waals surface area contributed by atoms with Crippen LogP contribution in [0.2, 0.25) is 0 Å². The molecule has 4 rings (SSSR count). The van der Waals surface area contributed by atoms with Gasteiger partial charge in [0.2, 0.25) is 0 Å². The molecule has 0 aliphatic heterocycles. The number of aliphatic hydroxyl groups excluding tert-OH is 2. The van der Waals surface area contributed by atoms with E-state index < -0.39 is 6.10 Å². The zero-order valence-electron chi connectivity index (χ0n) is 14.4. The van der Waals surface area contributed by atoms with Gasteiger partial charge in [-0.05, 0) is 44.1 Å². The molecule has 1 aliphatic carbocycles. The van der Waals surface area contributed by atoms with Gasteiger partial charge in [0.15, 0.2) is 0 Å². The fourth-order valence-corrected chi connectivity index (χ4v) is 4.42. The average Bonchev–Trinajstić information content (AvgIpc) is 3.19. The van der Waals surface area contributed by atoms with Crippen molar-refractivity contribution in [2.24, 2.45) is 0 Å². The SMILES string of the molecule is CC#N.CC(O)c1nc2cnc3ccsc3c2n1C1CCCC(O)C1. The molecule has 3 atom stereocenters. The maximum atomic E-state index is 10.2. The summed E-state index contributed by atoms with van der Waals surface area (Å²) in [5.41, 5.74) is 2.84. The Morgan fingerprint density at radius 3 is 2.84 bits per heavy atom. The molecule has 25 heavy (non-hydrogen) atoms. The molecule has 1 aliphatic rings. The van der Waals surface area contributed by atoms with Crippen molar-refractivity contribution in [1.82, 2.24) is 14.5 Å². The molecule has 0 amide bonds. The second-order valence-corrected chi connectivity index (χ2v) is 7.26. The largest absolute Gasteiger partial charge is 0.393 e. The molecule has 3 aromatic heterocycles. The molecule has 2 N–H and O–H groups in total. The predicted octanol–water partition coefficient (Wildman–Crippen LogP) is 3.71. The summed E-state index contributed by atoms with van der Waals surface area (Å²) in [7, 11) is 0. The molecule has 3 aromatic rings. The fraction of sp³-hybridized carbons (Fsp3) is 0.500. The van der Waals surface area contributed by atoms with Gasteiger partial charge in [0, 0.05) is 13.0 Å². The Balaban J connectivity index is 0.000000569. The molecular weight excluding hydrogens is 336 g/mol. The first-order valence-corrected chi connectivity index (χ1v) is 9.35. The van der Waals surface area contributed by atoms with E-state index in [4.69, 9.17) is 5.26 Å². The molecule has 0 bridgehead atoms. The molecule has 132 valence electrons. The molecule has 0 saturated heterocycles. The number of thiophene rings is 1. The molecule has 0 spiro atoms. The van der Waals surface area contributed by atoms with Crippen LogP contribution in [0.3, 0.4) is 0 Å². The molecule has 3 heterocycles. The summed E-state index contributed by atoms with van der Waals surface area (Å²) >= 11 is 1.65. The zero-order valence-corrected chi connectivity index (χ0v) is 15.2. The first kappa shape index (κ1) is 17.8. The van der Waals surface area contributed by atoms with Gasteiger partial charge < -0.3 is 14.8 Å². The molecule has 6 nitrogen and oxygen atoms in total. The van der Waals surface area contributed by atoms with Crippen molar-refractivity contribution < 1.29 is 10.2 Å². The average molecular weight is 358 g/mol. The van der Waals surface area contributed by atoms with Gasteiger partial charge in [0.1, 0.15) is 17.4 Å². The van der Waals surface area contributed by atoms with E-state index in [-0.39, 0.29) is 12.1 Å². The van der Waals surface area contributed by atoms with Crippen LogP contribution in [0, 0.1) is 11.3 Å². The molecule has 0 aromatic carbocycles. The van der Waals surface area contributed by atoms with E-state index in [0.29, 0.717) is 5.82 Å². The van der Waals surface area contributed by atoms with E-state index in [1.807, 2.05) is 11.4 Å². The molecule has 1 saturated carbocycles. The number of hydrogen-bond donors (Lipinski definition) is 2. The fourth-order valence-electron chi connectivity index (χ4n) is 3.53. The van der Waals surface area contributed by atoms with E-state index >= 15 is 0 Å². The van der Waals surface area contributed by atoms with Gasteiger partial charge in [-0.2, -0.15) is 5.26 Å². The highest BCUT2D eigenvalue weighted by atomic mass is 32.1. The van der Waals surface area contributed by atoms with Gasteiger partial charge in [-0.3, -0.25) is 4.98 Å². The lowest BCUT2D eigenvalue weighted by molar-refractivity contribution is 0.0997. The minimum Gasteiger partial charge on any atom is -0.393 e. The number of hydrogen-bond acceptors (Lipinski definition) is 6. The third-order valence-corrected chi connectivity index (χ3v) is 5.42. The number of nitriles is 1. The summed E-state index contributed by atoms with van der Waals surface area (Å²) in [5, 5.41) is 29.6. The minimum absolute atomic E-state index is 0.186. The summed E-state index contributed by atoms with van der Waals surface area (Å²) in [5.74, 6) is 0.678.